The SMILES string of the molecule is CC(C)c1ncc(Cl)c(C(=O)NCCN)n1. The fraction of sp³-hybridized carbons (Fsp3) is 0.500. The molecule has 0 aliphatic rings. The zero-order valence-corrected chi connectivity index (χ0v) is 10.1. The van der Waals surface area contributed by atoms with E-state index in [1.165, 1.54) is 6.20 Å². The summed E-state index contributed by atoms with van der Waals surface area (Å²) in [6.07, 6.45) is 1.45. The Labute approximate surface area is 99.4 Å². The van der Waals surface area contributed by atoms with E-state index < -0.39 is 0 Å². The first-order valence-corrected chi connectivity index (χ1v) is 5.44. The van der Waals surface area contributed by atoms with Gasteiger partial charge in [0.15, 0.2) is 0 Å². The lowest BCUT2D eigenvalue weighted by Crippen LogP contribution is -2.30. The Morgan fingerprint density at radius 1 is 1.62 bits per heavy atom. The molecule has 1 heterocycles. The molecule has 0 radical (unpaired) electrons. The van der Waals surface area contributed by atoms with Gasteiger partial charge in [-0.05, 0) is 0 Å². The summed E-state index contributed by atoms with van der Waals surface area (Å²) in [7, 11) is 0. The van der Waals surface area contributed by atoms with Gasteiger partial charge in [0.05, 0.1) is 11.2 Å². The molecular formula is C10H15ClN4O. The smallest absolute Gasteiger partial charge is 0.271 e. The number of aromatic nitrogens is 2. The maximum absolute atomic E-state index is 11.7. The van der Waals surface area contributed by atoms with Crippen molar-refractivity contribution in [1.82, 2.24) is 15.3 Å². The first-order valence-electron chi connectivity index (χ1n) is 5.07. The third-order valence-electron chi connectivity index (χ3n) is 1.92. The van der Waals surface area contributed by atoms with Crippen LogP contribution in [-0.2, 0) is 0 Å². The number of nitrogens with zero attached hydrogens (tertiary/aromatic N) is 2. The first kappa shape index (κ1) is 12.9. The number of nitrogens with two attached hydrogens (primary N) is 1. The van der Waals surface area contributed by atoms with Gasteiger partial charge < -0.3 is 11.1 Å². The largest absolute Gasteiger partial charge is 0.349 e. The summed E-state index contributed by atoms with van der Waals surface area (Å²) in [6, 6.07) is 0. The van der Waals surface area contributed by atoms with Gasteiger partial charge in [0, 0.05) is 19.0 Å². The molecule has 0 aliphatic heterocycles. The number of hydrogen-bond donors (Lipinski definition) is 2. The Hall–Kier alpha value is -1.20. The second kappa shape index (κ2) is 5.77. The van der Waals surface area contributed by atoms with Crippen molar-refractivity contribution >= 4 is 17.5 Å². The van der Waals surface area contributed by atoms with E-state index in [2.05, 4.69) is 15.3 Å². The molecule has 0 bridgehead atoms. The van der Waals surface area contributed by atoms with Crippen molar-refractivity contribution in [2.45, 2.75) is 19.8 Å². The maximum atomic E-state index is 11.7. The topological polar surface area (TPSA) is 80.9 Å². The molecule has 16 heavy (non-hydrogen) atoms. The van der Waals surface area contributed by atoms with E-state index in [0.29, 0.717) is 18.9 Å². The highest BCUT2D eigenvalue weighted by Gasteiger charge is 2.14. The Bertz CT molecular complexity index is 381. The monoisotopic (exact) mass is 242 g/mol. The van der Waals surface area contributed by atoms with E-state index in [1.807, 2.05) is 13.8 Å². The summed E-state index contributed by atoms with van der Waals surface area (Å²) in [5.74, 6) is 0.431. The molecule has 6 heteroatoms. The molecule has 1 aromatic rings. The normalized spacial score (nSPS) is 10.6. The molecule has 5 nitrogen and oxygen atoms in total. The molecule has 3 N–H and O–H groups in total. The predicted octanol–water partition coefficient (Wildman–Crippen LogP) is 0.942. The molecule has 0 spiro atoms. The minimum atomic E-state index is -0.320. The van der Waals surface area contributed by atoms with Gasteiger partial charge >= 0.3 is 0 Å². The van der Waals surface area contributed by atoms with Crippen molar-refractivity contribution in [2.75, 3.05) is 13.1 Å². The molecule has 1 rings (SSSR count). The number of carbonyl (C=O) groups excluding carboxylic acids is 1. The fourth-order valence-electron chi connectivity index (χ4n) is 1.09. The Balaban J connectivity index is 2.93. The second-order valence-electron chi connectivity index (χ2n) is 3.62. The van der Waals surface area contributed by atoms with E-state index in [-0.39, 0.29) is 22.5 Å². The molecule has 0 atom stereocenters. The minimum Gasteiger partial charge on any atom is -0.349 e. The van der Waals surface area contributed by atoms with Gasteiger partial charge in [-0.3, -0.25) is 4.79 Å². The third-order valence-corrected chi connectivity index (χ3v) is 2.20. The van der Waals surface area contributed by atoms with E-state index >= 15 is 0 Å². The van der Waals surface area contributed by atoms with Crippen molar-refractivity contribution < 1.29 is 4.79 Å². The van der Waals surface area contributed by atoms with Gasteiger partial charge in [-0.25, -0.2) is 9.97 Å². The van der Waals surface area contributed by atoms with Gasteiger partial charge in [0.2, 0.25) is 0 Å². The zero-order valence-electron chi connectivity index (χ0n) is 9.33. The van der Waals surface area contributed by atoms with Crippen LogP contribution in [0.15, 0.2) is 6.20 Å². The molecule has 0 aromatic carbocycles. The standard InChI is InChI=1S/C10H15ClN4O/c1-6(2)9-14-5-7(11)8(15-9)10(16)13-4-3-12/h5-6H,3-4,12H2,1-2H3,(H,13,16). The molecule has 0 saturated carbocycles. The van der Waals surface area contributed by atoms with Crippen LogP contribution < -0.4 is 11.1 Å². The Morgan fingerprint density at radius 3 is 2.88 bits per heavy atom. The lowest BCUT2D eigenvalue weighted by Gasteiger charge is -2.08. The molecule has 88 valence electrons. The summed E-state index contributed by atoms with van der Waals surface area (Å²) in [5.41, 5.74) is 5.49. The van der Waals surface area contributed by atoms with E-state index in [9.17, 15) is 4.79 Å². The van der Waals surface area contributed by atoms with Crippen LogP contribution in [0.5, 0.6) is 0 Å². The van der Waals surface area contributed by atoms with Crippen LogP contribution >= 0.6 is 11.6 Å². The van der Waals surface area contributed by atoms with E-state index in [1.54, 1.807) is 0 Å². The number of hydrogen-bond acceptors (Lipinski definition) is 4. The van der Waals surface area contributed by atoms with Crippen LogP contribution in [0.1, 0.15) is 36.1 Å². The highest BCUT2D eigenvalue weighted by atomic mass is 35.5. The van der Waals surface area contributed by atoms with Crippen LogP contribution in [0, 0.1) is 0 Å². The van der Waals surface area contributed by atoms with Gasteiger partial charge in [0.1, 0.15) is 11.5 Å². The predicted molar refractivity (Wildman–Crippen MR) is 62.5 cm³/mol. The minimum absolute atomic E-state index is 0.151. The third kappa shape index (κ3) is 3.15. The highest BCUT2D eigenvalue weighted by molar-refractivity contribution is 6.33. The zero-order chi connectivity index (χ0) is 12.1. The van der Waals surface area contributed by atoms with Crippen LogP contribution in [0.25, 0.3) is 0 Å². The lowest BCUT2D eigenvalue weighted by molar-refractivity contribution is 0.0949. The number of carbonyl (C=O) groups is 1. The Kier molecular flexibility index (Phi) is 4.64. The molecule has 0 unspecified atom stereocenters. The number of halogens is 1. The molecule has 1 amide bonds. The molecule has 0 saturated heterocycles. The van der Waals surface area contributed by atoms with Crippen molar-refractivity contribution in [3.8, 4) is 0 Å². The summed E-state index contributed by atoms with van der Waals surface area (Å²) < 4.78 is 0. The van der Waals surface area contributed by atoms with Crippen LogP contribution in [0.2, 0.25) is 5.02 Å². The average Bonchev–Trinajstić information content (AvgIpc) is 2.26. The van der Waals surface area contributed by atoms with Gasteiger partial charge in [-0.2, -0.15) is 0 Å². The summed E-state index contributed by atoms with van der Waals surface area (Å²) in [5, 5.41) is 2.87. The summed E-state index contributed by atoms with van der Waals surface area (Å²) >= 11 is 5.86. The lowest BCUT2D eigenvalue weighted by atomic mass is 10.2. The molecule has 0 aliphatic carbocycles. The second-order valence-corrected chi connectivity index (χ2v) is 4.03. The van der Waals surface area contributed by atoms with Crippen molar-refractivity contribution in [3.63, 3.8) is 0 Å². The number of rotatable bonds is 4. The van der Waals surface area contributed by atoms with Crippen molar-refractivity contribution in [3.05, 3.63) is 22.7 Å². The van der Waals surface area contributed by atoms with Crippen LogP contribution in [0.3, 0.4) is 0 Å². The van der Waals surface area contributed by atoms with Crippen molar-refractivity contribution in [1.29, 1.82) is 0 Å². The number of nitrogens with one attached hydrogen (secondary N) is 1. The van der Waals surface area contributed by atoms with Gasteiger partial charge in [0.25, 0.3) is 5.91 Å². The van der Waals surface area contributed by atoms with Crippen molar-refractivity contribution in [2.24, 2.45) is 5.73 Å². The van der Waals surface area contributed by atoms with Crippen LogP contribution in [-0.4, -0.2) is 29.0 Å². The molecule has 1 aromatic heterocycles. The molecule has 0 fully saturated rings. The highest BCUT2D eigenvalue weighted by Crippen LogP contribution is 2.15. The first-order chi connectivity index (χ1) is 7.56. The fourth-order valence-corrected chi connectivity index (χ4v) is 1.26. The molecular weight excluding hydrogens is 228 g/mol. The van der Waals surface area contributed by atoms with Gasteiger partial charge in [-0.15, -0.1) is 0 Å². The van der Waals surface area contributed by atoms with E-state index in [0.717, 1.165) is 0 Å². The maximum Gasteiger partial charge on any atom is 0.271 e. The van der Waals surface area contributed by atoms with Gasteiger partial charge in [-0.1, -0.05) is 25.4 Å². The Morgan fingerprint density at radius 2 is 2.31 bits per heavy atom. The summed E-state index contributed by atoms with van der Waals surface area (Å²) in [4.78, 5) is 19.8. The number of amides is 1. The van der Waals surface area contributed by atoms with E-state index in [4.69, 9.17) is 17.3 Å². The quantitative estimate of drug-likeness (QED) is 0.824. The van der Waals surface area contributed by atoms with Crippen LogP contribution in [0.4, 0.5) is 0 Å². The summed E-state index contributed by atoms with van der Waals surface area (Å²) in [6.45, 7) is 4.68. The average molecular weight is 243 g/mol.